The average Bonchev–Trinajstić information content (AvgIpc) is 1.88. The van der Waals surface area contributed by atoms with Gasteiger partial charge in [-0.3, -0.25) is 0 Å². The number of aromatic carboxylic acids is 1. The first-order valence-corrected chi connectivity index (χ1v) is 2.92. The number of nitrogens with zero attached hydrogens (tertiary/aromatic N) is 1. The normalized spacial score (nSPS) is 8.45. The summed E-state index contributed by atoms with van der Waals surface area (Å²) < 4.78 is 0. The fourth-order valence-corrected chi connectivity index (χ4v) is 0.686. The molecule has 0 unspecified atom stereocenters. The predicted octanol–water partition coefficient (Wildman–Crippen LogP) is -2.90. The second-order valence-corrected chi connectivity index (χ2v) is 2.02. The summed E-state index contributed by atoms with van der Waals surface area (Å²) >= 11 is 5.39. The van der Waals surface area contributed by atoms with Crippen molar-refractivity contribution < 1.29 is 61.3 Å². The average molecular weight is 196 g/mol. The minimum atomic E-state index is -1.32. The molecule has 0 saturated carbocycles. The van der Waals surface area contributed by atoms with Crippen molar-refractivity contribution >= 4 is 17.6 Å². The Morgan fingerprint density at radius 1 is 1.55 bits per heavy atom. The topological polar surface area (TPSA) is 53.0 Å². The van der Waals surface area contributed by atoms with Crippen LogP contribution in [0.2, 0.25) is 5.15 Å². The molecule has 52 valence electrons. The van der Waals surface area contributed by atoms with E-state index >= 15 is 0 Å². The molecule has 0 spiro atoms. The van der Waals surface area contributed by atoms with Gasteiger partial charge in [0.05, 0.1) is 11.7 Å². The summed E-state index contributed by atoms with van der Waals surface area (Å²) in [5.41, 5.74) is -0.146. The van der Waals surface area contributed by atoms with Crippen LogP contribution in [0.15, 0.2) is 18.2 Å². The van der Waals surface area contributed by atoms with Crippen molar-refractivity contribution in [3.63, 3.8) is 0 Å². The van der Waals surface area contributed by atoms with E-state index in [0.29, 0.717) is 0 Å². The second-order valence-electron chi connectivity index (χ2n) is 1.63. The number of hydrogen-bond donors (Lipinski definition) is 0. The molecule has 11 heavy (non-hydrogen) atoms. The van der Waals surface area contributed by atoms with Crippen molar-refractivity contribution in [1.29, 1.82) is 0 Å². The van der Waals surface area contributed by atoms with E-state index in [0.717, 1.165) is 0 Å². The quantitative estimate of drug-likeness (QED) is 0.357. The van der Waals surface area contributed by atoms with Crippen LogP contribution in [0.3, 0.4) is 0 Å². The maximum Gasteiger partial charge on any atom is 1.00 e. The molecule has 0 aliphatic carbocycles. The van der Waals surface area contributed by atoms with Crippen LogP contribution in [0.25, 0.3) is 0 Å². The molecule has 0 fully saturated rings. The molecule has 0 saturated heterocycles. The molecular weight excluding hydrogens is 193 g/mol. The Morgan fingerprint density at radius 2 is 2.18 bits per heavy atom. The molecule has 3 nitrogen and oxygen atoms in total. The van der Waals surface area contributed by atoms with Gasteiger partial charge in [0.25, 0.3) is 0 Å². The fraction of sp³-hybridized carbons (Fsp3) is 0. The second kappa shape index (κ2) is 5.24. The minimum Gasteiger partial charge on any atom is -0.543 e. The summed E-state index contributed by atoms with van der Waals surface area (Å²) in [4.78, 5) is 13.6. The van der Waals surface area contributed by atoms with Gasteiger partial charge < -0.3 is 9.90 Å². The van der Waals surface area contributed by atoms with Gasteiger partial charge in [0.15, 0.2) is 0 Å². The third-order valence-corrected chi connectivity index (χ3v) is 1.13. The van der Waals surface area contributed by atoms with Crippen molar-refractivity contribution in [3.05, 3.63) is 29.0 Å². The summed E-state index contributed by atoms with van der Waals surface area (Å²) in [6.07, 6.45) is 0. The summed E-state index contributed by atoms with van der Waals surface area (Å²) in [7, 11) is 0. The molecule has 0 atom stereocenters. The monoisotopic (exact) mass is 195 g/mol. The molecule has 0 bridgehead atoms. The van der Waals surface area contributed by atoms with Gasteiger partial charge in [0, 0.05) is 0 Å². The molecule has 1 aromatic rings. The number of carbonyl (C=O) groups is 1. The minimum absolute atomic E-state index is 0. The van der Waals surface area contributed by atoms with Gasteiger partial charge in [-0.05, 0) is 12.1 Å². The third-order valence-electron chi connectivity index (χ3n) is 0.924. The van der Waals surface area contributed by atoms with Gasteiger partial charge in [0.2, 0.25) is 0 Å². The van der Waals surface area contributed by atoms with Crippen LogP contribution in [0.4, 0.5) is 0 Å². The number of hydrogen-bond acceptors (Lipinski definition) is 3. The maximum atomic E-state index is 10.1. The van der Waals surface area contributed by atoms with E-state index in [1.807, 2.05) is 0 Å². The number of halogens is 1. The Morgan fingerprint density at radius 3 is 2.55 bits per heavy atom. The van der Waals surface area contributed by atoms with Crippen LogP contribution in [-0.2, 0) is 0 Å². The van der Waals surface area contributed by atoms with Crippen LogP contribution >= 0.6 is 11.6 Å². The molecule has 1 rings (SSSR count). The number of carboxylic acid groups (broad SMARTS) is 1. The largest absolute Gasteiger partial charge is 1.00 e. The van der Waals surface area contributed by atoms with Crippen LogP contribution in [0.5, 0.6) is 0 Å². The number of carboxylic acids is 1. The van der Waals surface area contributed by atoms with Crippen LogP contribution in [0, 0.1) is 0 Å². The zero-order chi connectivity index (χ0) is 7.56. The Labute approximate surface area is 111 Å². The third kappa shape index (κ3) is 3.64. The molecule has 1 heterocycles. The number of aromatic nitrogens is 1. The Hall–Kier alpha value is 0.546. The molecular formula is C6H3ClKNO2. The molecule has 0 aromatic carbocycles. The van der Waals surface area contributed by atoms with Gasteiger partial charge in [-0.25, -0.2) is 4.98 Å². The van der Waals surface area contributed by atoms with Gasteiger partial charge in [-0.2, -0.15) is 0 Å². The Kier molecular flexibility index (Phi) is 5.50. The van der Waals surface area contributed by atoms with Gasteiger partial charge in [-0.1, -0.05) is 17.7 Å². The standard InChI is InChI=1S/C6H4ClNO2.K/c7-5-3-1-2-4(8-5)6(9)10;/h1-3H,(H,9,10);/q;+1/p-1. The van der Waals surface area contributed by atoms with Gasteiger partial charge >= 0.3 is 51.4 Å². The molecule has 5 heteroatoms. The van der Waals surface area contributed by atoms with Gasteiger partial charge in [-0.15, -0.1) is 0 Å². The van der Waals surface area contributed by atoms with Crippen molar-refractivity contribution in [1.82, 2.24) is 4.98 Å². The molecule has 1 aromatic heterocycles. The zero-order valence-corrected chi connectivity index (χ0v) is 9.75. The van der Waals surface area contributed by atoms with Crippen molar-refractivity contribution in [2.24, 2.45) is 0 Å². The zero-order valence-electron chi connectivity index (χ0n) is 5.87. The smallest absolute Gasteiger partial charge is 0.543 e. The van der Waals surface area contributed by atoms with Crippen LogP contribution in [0.1, 0.15) is 10.5 Å². The van der Waals surface area contributed by atoms with E-state index in [4.69, 9.17) is 11.6 Å². The van der Waals surface area contributed by atoms with E-state index in [2.05, 4.69) is 4.98 Å². The van der Waals surface area contributed by atoms with E-state index in [9.17, 15) is 9.90 Å². The number of rotatable bonds is 1. The van der Waals surface area contributed by atoms with E-state index < -0.39 is 5.97 Å². The van der Waals surface area contributed by atoms with Crippen LogP contribution < -0.4 is 56.5 Å². The van der Waals surface area contributed by atoms with Gasteiger partial charge in [0.1, 0.15) is 5.15 Å². The molecule has 0 radical (unpaired) electrons. The number of pyridine rings is 1. The molecule has 0 amide bonds. The van der Waals surface area contributed by atoms with Crippen molar-refractivity contribution in [3.8, 4) is 0 Å². The molecule has 0 N–H and O–H groups in total. The maximum absolute atomic E-state index is 10.1. The molecule has 0 aliphatic rings. The SMILES string of the molecule is O=C([O-])c1cccc(Cl)n1.[K+]. The summed E-state index contributed by atoms with van der Waals surface area (Å²) in [6.45, 7) is 0. The Bertz CT molecular complexity index is 267. The Balaban J connectivity index is 0.000001000. The van der Waals surface area contributed by atoms with E-state index in [-0.39, 0.29) is 62.2 Å². The molecule has 0 aliphatic heterocycles. The predicted molar refractivity (Wildman–Crippen MR) is 33.6 cm³/mol. The van der Waals surface area contributed by atoms with Crippen molar-refractivity contribution in [2.75, 3.05) is 0 Å². The van der Waals surface area contributed by atoms with E-state index in [1.165, 1.54) is 18.2 Å². The summed E-state index contributed by atoms with van der Waals surface area (Å²) in [5.74, 6) is -1.32. The first-order chi connectivity index (χ1) is 4.70. The van der Waals surface area contributed by atoms with Crippen molar-refractivity contribution in [2.45, 2.75) is 0 Å². The summed E-state index contributed by atoms with van der Waals surface area (Å²) in [6, 6.07) is 4.32. The van der Waals surface area contributed by atoms with E-state index in [1.54, 1.807) is 0 Å². The van der Waals surface area contributed by atoms with Crippen LogP contribution in [-0.4, -0.2) is 11.0 Å². The summed E-state index contributed by atoms with van der Waals surface area (Å²) in [5, 5.41) is 10.3. The number of carbonyl (C=O) groups excluding carboxylic acids is 1. The fourth-order valence-electron chi connectivity index (χ4n) is 0.522. The first-order valence-electron chi connectivity index (χ1n) is 2.54. The first kappa shape index (κ1) is 11.5.